The SMILES string of the molecule is COc1ccc(CNc2ncc(C(=O)NC3CCCCC3)c(C)n2)cc1. The van der Waals surface area contributed by atoms with Crippen LogP contribution >= 0.6 is 0 Å². The van der Waals surface area contributed by atoms with E-state index < -0.39 is 0 Å². The number of aromatic nitrogens is 2. The van der Waals surface area contributed by atoms with Gasteiger partial charge in [0.15, 0.2) is 0 Å². The van der Waals surface area contributed by atoms with Crippen molar-refractivity contribution in [2.24, 2.45) is 0 Å². The topological polar surface area (TPSA) is 76.1 Å². The third-order valence-electron chi connectivity index (χ3n) is 4.77. The maximum Gasteiger partial charge on any atom is 0.254 e. The predicted octanol–water partition coefficient (Wildman–Crippen LogP) is 3.47. The normalized spacial score (nSPS) is 14.7. The quantitative estimate of drug-likeness (QED) is 0.831. The number of benzene rings is 1. The van der Waals surface area contributed by atoms with Crippen LogP contribution in [-0.4, -0.2) is 29.0 Å². The molecule has 1 heterocycles. The summed E-state index contributed by atoms with van der Waals surface area (Å²) in [7, 11) is 1.65. The van der Waals surface area contributed by atoms with E-state index in [0.29, 0.717) is 23.8 Å². The molecule has 0 radical (unpaired) electrons. The smallest absolute Gasteiger partial charge is 0.254 e. The summed E-state index contributed by atoms with van der Waals surface area (Å²) >= 11 is 0. The Morgan fingerprint density at radius 3 is 2.58 bits per heavy atom. The van der Waals surface area contributed by atoms with E-state index in [9.17, 15) is 4.79 Å². The molecule has 2 N–H and O–H groups in total. The van der Waals surface area contributed by atoms with Gasteiger partial charge in [0.1, 0.15) is 5.75 Å². The van der Waals surface area contributed by atoms with Crippen molar-refractivity contribution >= 4 is 11.9 Å². The van der Waals surface area contributed by atoms with Gasteiger partial charge in [0.2, 0.25) is 5.95 Å². The van der Waals surface area contributed by atoms with E-state index in [1.807, 2.05) is 31.2 Å². The number of hydrogen-bond donors (Lipinski definition) is 2. The lowest BCUT2D eigenvalue weighted by atomic mass is 9.95. The van der Waals surface area contributed by atoms with Crippen molar-refractivity contribution in [2.45, 2.75) is 51.6 Å². The van der Waals surface area contributed by atoms with Crippen LogP contribution in [0.3, 0.4) is 0 Å². The number of hydrogen-bond acceptors (Lipinski definition) is 5. The minimum absolute atomic E-state index is 0.0731. The highest BCUT2D eigenvalue weighted by Crippen LogP contribution is 2.18. The lowest BCUT2D eigenvalue weighted by Crippen LogP contribution is -2.36. The third-order valence-corrected chi connectivity index (χ3v) is 4.77. The molecule has 138 valence electrons. The maximum atomic E-state index is 12.5. The number of aryl methyl sites for hydroxylation is 1. The van der Waals surface area contributed by atoms with Gasteiger partial charge in [0.05, 0.1) is 18.4 Å². The molecule has 1 aliphatic carbocycles. The minimum Gasteiger partial charge on any atom is -0.497 e. The van der Waals surface area contributed by atoms with Crippen molar-refractivity contribution in [1.29, 1.82) is 0 Å². The summed E-state index contributed by atoms with van der Waals surface area (Å²) < 4.78 is 5.15. The van der Waals surface area contributed by atoms with Crippen molar-refractivity contribution in [3.05, 3.63) is 47.3 Å². The van der Waals surface area contributed by atoms with Gasteiger partial charge < -0.3 is 15.4 Å². The van der Waals surface area contributed by atoms with E-state index in [0.717, 1.165) is 24.2 Å². The summed E-state index contributed by atoms with van der Waals surface area (Å²) in [6.45, 7) is 2.45. The van der Waals surface area contributed by atoms with Gasteiger partial charge in [-0.2, -0.15) is 0 Å². The molecule has 1 aliphatic rings. The highest BCUT2D eigenvalue weighted by atomic mass is 16.5. The second-order valence-corrected chi connectivity index (χ2v) is 6.70. The van der Waals surface area contributed by atoms with Crippen LogP contribution in [0.15, 0.2) is 30.5 Å². The first-order valence-corrected chi connectivity index (χ1v) is 9.17. The van der Waals surface area contributed by atoms with Gasteiger partial charge in [0.25, 0.3) is 5.91 Å². The zero-order valence-electron chi connectivity index (χ0n) is 15.4. The van der Waals surface area contributed by atoms with Gasteiger partial charge in [0, 0.05) is 18.8 Å². The molecule has 2 aromatic rings. The molecule has 0 atom stereocenters. The first-order chi connectivity index (χ1) is 12.7. The minimum atomic E-state index is -0.0731. The van der Waals surface area contributed by atoms with Crippen LogP contribution in [0.1, 0.15) is 53.7 Å². The average molecular weight is 354 g/mol. The van der Waals surface area contributed by atoms with Gasteiger partial charge in [-0.25, -0.2) is 9.97 Å². The summed E-state index contributed by atoms with van der Waals surface area (Å²) in [4.78, 5) is 21.2. The van der Waals surface area contributed by atoms with Crippen LogP contribution in [-0.2, 0) is 6.54 Å². The molecule has 1 saturated carbocycles. The van der Waals surface area contributed by atoms with Crippen molar-refractivity contribution in [3.63, 3.8) is 0 Å². The van der Waals surface area contributed by atoms with Crippen molar-refractivity contribution in [3.8, 4) is 5.75 Å². The second kappa shape index (κ2) is 8.65. The Hall–Kier alpha value is -2.63. The number of anilines is 1. The van der Waals surface area contributed by atoms with Crippen LogP contribution in [0.2, 0.25) is 0 Å². The molecule has 6 heteroatoms. The van der Waals surface area contributed by atoms with E-state index in [2.05, 4.69) is 20.6 Å². The fourth-order valence-corrected chi connectivity index (χ4v) is 3.21. The Morgan fingerprint density at radius 2 is 1.92 bits per heavy atom. The molecule has 1 fully saturated rings. The molecule has 0 bridgehead atoms. The van der Waals surface area contributed by atoms with Gasteiger partial charge in [-0.15, -0.1) is 0 Å². The van der Waals surface area contributed by atoms with Crippen molar-refractivity contribution in [1.82, 2.24) is 15.3 Å². The van der Waals surface area contributed by atoms with Crippen LogP contribution in [0, 0.1) is 6.92 Å². The standard InChI is InChI=1S/C20H26N4O2/c1-14-18(19(25)24-16-6-4-3-5-7-16)13-22-20(23-14)21-12-15-8-10-17(26-2)11-9-15/h8-11,13,16H,3-7,12H2,1-2H3,(H,24,25)(H,21,22,23). The molecule has 1 aromatic carbocycles. The van der Waals surface area contributed by atoms with Crippen LogP contribution in [0.5, 0.6) is 5.75 Å². The molecule has 3 rings (SSSR count). The van der Waals surface area contributed by atoms with Crippen LogP contribution in [0.25, 0.3) is 0 Å². The molecular formula is C20H26N4O2. The summed E-state index contributed by atoms with van der Waals surface area (Å²) in [6.07, 6.45) is 7.38. The summed E-state index contributed by atoms with van der Waals surface area (Å²) in [5.41, 5.74) is 2.34. The average Bonchev–Trinajstić information content (AvgIpc) is 2.67. The van der Waals surface area contributed by atoms with E-state index in [1.165, 1.54) is 19.3 Å². The molecule has 0 spiro atoms. The number of nitrogens with one attached hydrogen (secondary N) is 2. The predicted molar refractivity (Wildman–Crippen MR) is 101 cm³/mol. The van der Waals surface area contributed by atoms with E-state index in [4.69, 9.17) is 4.74 Å². The number of ether oxygens (including phenoxy) is 1. The zero-order chi connectivity index (χ0) is 18.4. The number of methoxy groups -OCH3 is 1. The number of nitrogens with zero attached hydrogens (tertiary/aromatic N) is 2. The molecule has 6 nitrogen and oxygen atoms in total. The zero-order valence-corrected chi connectivity index (χ0v) is 15.4. The molecule has 1 amide bonds. The lowest BCUT2D eigenvalue weighted by Gasteiger charge is -2.23. The second-order valence-electron chi connectivity index (χ2n) is 6.70. The molecule has 0 saturated heterocycles. The largest absolute Gasteiger partial charge is 0.497 e. The van der Waals surface area contributed by atoms with E-state index >= 15 is 0 Å². The third kappa shape index (κ3) is 4.71. The van der Waals surface area contributed by atoms with Gasteiger partial charge in [-0.05, 0) is 37.5 Å². The summed E-state index contributed by atoms with van der Waals surface area (Å²) in [5, 5.41) is 6.30. The summed E-state index contributed by atoms with van der Waals surface area (Å²) in [5.74, 6) is 1.28. The van der Waals surface area contributed by atoms with Crippen LogP contribution in [0.4, 0.5) is 5.95 Å². The summed E-state index contributed by atoms with van der Waals surface area (Å²) in [6, 6.07) is 8.10. The Labute approximate surface area is 154 Å². The highest BCUT2D eigenvalue weighted by molar-refractivity contribution is 5.95. The monoisotopic (exact) mass is 354 g/mol. The Morgan fingerprint density at radius 1 is 1.19 bits per heavy atom. The molecule has 0 aliphatic heterocycles. The first-order valence-electron chi connectivity index (χ1n) is 9.17. The van der Waals surface area contributed by atoms with Crippen molar-refractivity contribution in [2.75, 3.05) is 12.4 Å². The lowest BCUT2D eigenvalue weighted by molar-refractivity contribution is 0.0926. The van der Waals surface area contributed by atoms with Crippen molar-refractivity contribution < 1.29 is 9.53 Å². The Kier molecular flexibility index (Phi) is 6.04. The molecule has 26 heavy (non-hydrogen) atoms. The fourth-order valence-electron chi connectivity index (χ4n) is 3.21. The number of amides is 1. The van der Waals surface area contributed by atoms with E-state index in [1.54, 1.807) is 13.3 Å². The maximum absolute atomic E-state index is 12.5. The molecule has 0 unspecified atom stereocenters. The first kappa shape index (κ1) is 18.2. The molecular weight excluding hydrogens is 328 g/mol. The number of carbonyl (C=O) groups excluding carboxylic acids is 1. The van der Waals surface area contributed by atoms with Gasteiger partial charge in [-0.1, -0.05) is 31.4 Å². The molecule has 1 aromatic heterocycles. The highest BCUT2D eigenvalue weighted by Gasteiger charge is 2.18. The number of rotatable bonds is 6. The van der Waals surface area contributed by atoms with E-state index in [-0.39, 0.29) is 11.9 Å². The Bertz CT molecular complexity index is 740. The van der Waals surface area contributed by atoms with Gasteiger partial charge >= 0.3 is 0 Å². The fraction of sp³-hybridized carbons (Fsp3) is 0.450. The van der Waals surface area contributed by atoms with Crippen LogP contribution < -0.4 is 15.4 Å². The Balaban J connectivity index is 1.58. The number of carbonyl (C=O) groups is 1. The van der Waals surface area contributed by atoms with Gasteiger partial charge in [-0.3, -0.25) is 4.79 Å².